The minimum absolute atomic E-state index is 0.0748. The number of imidazole rings is 3. The van der Waals surface area contributed by atoms with E-state index in [4.69, 9.17) is 36.3 Å². The topological polar surface area (TPSA) is 194 Å². The van der Waals surface area contributed by atoms with Crippen molar-refractivity contribution in [1.29, 1.82) is 0 Å². The molecule has 0 atom stereocenters. The van der Waals surface area contributed by atoms with Crippen LogP contribution in [0.5, 0.6) is 0 Å². The average molecular weight is 2010 g/mol. The summed E-state index contributed by atoms with van der Waals surface area (Å²) >= 11 is 13.5. The Kier molecular flexibility index (Phi) is 27.9. The lowest BCUT2D eigenvalue weighted by atomic mass is 9.97. The number of pyridine rings is 11. The molecule has 146 heavy (non-hydrogen) atoms. The molecule has 0 N–H and O–H groups in total. The minimum atomic E-state index is -1.26. The van der Waals surface area contributed by atoms with Gasteiger partial charge in [0.25, 0.3) is 11.6 Å². The maximum absolute atomic E-state index is 14.2. The van der Waals surface area contributed by atoms with E-state index in [0.29, 0.717) is 74.4 Å². The molecule has 0 aliphatic rings. The Balaban J connectivity index is 0.000000111. The Hall–Kier alpha value is -18.7. The zero-order valence-electron chi connectivity index (χ0n) is 74.7. The monoisotopic (exact) mass is 2010 g/mol. The molecule has 0 saturated carbocycles. The van der Waals surface area contributed by atoms with E-state index in [1.165, 1.54) is 54.7 Å². The number of aromatic nitrogens is 17. The van der Waals surface area contributed by atoms with Crippen molar-refractivity contribution in [1.82, 2.24) is 82.6 Å². The quantitative estimate of drug-likeness (QED) is 0.0637. The van der Waals surface area contributed by atoms with Gasteiger partial charge in [-0.1, -0.05) is 103 Å². The van der Waals surface area contributed by atoms with Crippen LogP contribution in [0.2, 0.25) is 10.0 Å². The summed E-state index contributed by atoms with van der Waals surface area (Å²) < 4.78 is 185. The van der Waals surface area contributed by atoms with Crippen molar-refractivity contribution in [2.45, 2.75) is 0 Å². The van der Waals surface area contributed by atoms with Gasteiger partial charge in [0.1, 0.15) is 41.1 Å². The van der Waals surface area contributed by atoms with Crippen LogP contribution in [-0.2, 0) is 0 Å². The van der Waals surface area contributed by atoms with Crippen molar-refractivity contribution in [2.75, 3.05) is 0 Å². The second-order valence-corrected chi connectivity index (χ2v) is 33.5. The van der Waals surface area contributed by atoms with Gasteiger partial charge in [-0.3, -0.25) is 34.9 Å². The SMILES string of the molecule is Fc1cc(F)c(-c2ncccc2-c2ccc3ncccc3c2)cc1F.Fc1cc(F)c(-c2ncccc2-c2ccc3nccn3c2)cc1F.Fc1cc(F)c(-c2ncccc2-c2ccc3ncsc3c2)cc1F.Fc1ccc(-c2ncccc2-c2ccc3ncnn3c2)cc1Cl.[C-]#[N+]c1cnc2ccc(-c3cccnc3-c3cc(F)c(F)cc3F)cn12.[C-]#[N+]c1cnc2ccc(-c3cccnc3-c3cccc(Cl)c3)cn12. The van der Waals surface area contributed by atoms with Crippen LogP contribution in [0.4, 0.5) is 68.7 Å². The van der Waals surface area contributed by atoms with Gasteiger partial charge in [0.2, 0.25) is 11.3 Å². The third-order valence-corrected chi connectivity index (χ3v) is 24.2. The van der Waals surface area contributed by atoms with Crippen molar-refractivity contribution < 1.29 is 57.1 Å². The van der Waals surface area contributed by atoms with E-state index in [1.54, 1.807) is 135 Å². The summed E-state index contributed by atoms with van der Waals surface area (Å²) in [7, 11) is 0. The molecule has 19 nitrogen and oxygen atoms in total. The molecule has 0 fully saturated rings. The maximum Gasteiger partial charge on any atom is 0.254 e. The lowest BCUT2D eigenvalue weighted by Gasteiger charge is -2.11. The van der Waals surface area contributed by atoms with E-state index >= 15 is 0 Å². The molecule has 24 aromatic rings. The van der Waals surface area contributed by atoms with Crippen LogP contribution in [0.15, 0.2) is 366 Å². The predicted octanol–water partition coefficient (Wildman–Crippen LogP) is 29.9. The molecule has 8 aromatic carbocycles. The number of benzene rings is 8. The lowest BCUT2D eigenvalue weighted by molar-refractivity contribution is 0.496. The summed E-state index contributed by atoms with van der Waals surface area (Å²) in [5, 5.41) is 5.81. The van der Waals surface area contributed by atoms with Gasteiger partial charge in [-0.2, -0.15) is 5.10 Å². The molecule has 0 aliphatic carbocycles. The number of fused-ring (bicyclic) bond motifs is 6. The predicted molar refractivity (Wildman–Crippen MR) is 534 cm³/mol. The molecular formula is C111H60Cl2F13N19S. The first-order valence-corrected chi connectivity index (χ1v) is 45.2. The molecule has 0 spiro atoms. The number of thiazole rings is 1. The summed E-state index contributed by atoms with van der Waals surface area (Å²) in [6.07, 6.45) is 26.3. The van der Waals surface area contributed by atoms with Crippen LogP contribution in [-0.4, -0.2) is 82.6 Å². The van der Waals surface area contributed by atoms with Gasteiger partial charge in [-0.25, -0.2) is 95.3 Å². The van der Waals surface area contributed by atoms with Crippen molar-refractivity contribution in [2.24, 2.45) is 0 Å². The fraction of sp³-hybridized carbons (Fsp3) is 0. The highest BCUT2D eigenvalue weighted by atomic mass is 35.5. The van der Waals surface area contributed by atoms with Crippen LogP contribution in [0.25, 0.3) is 188 Å². The molecule has 0 radical (unpaired) electrons. The van der Waals surface area contributed by atoms with Gasteiger partial charge in [-0.15, -0.1) is 11.3 Å². The first kappa shape index (κ1) is 96.2. The molecule has 710 valence electrons. The Morgan fingerprint density at radius 3 is 1.13 bits per heavy atom. The first-order chi connectivity index (χ1) is 71.0. The summed E-state index contributed by atoms with van der Waals surface area (Å²) in [5.41, 5.74) is 19.3. The highest BCUT2D eigenvalue weighted by Crippen LogP contribution is 2.42. The standard InChI is InChI=1S/C20H11F3N2.C19H11ClN4.C19H9F3N4.C18H10F3N3.C18H9F3N2S.C17H10ClFN4/c21-16-11-18(23)17(22)10-15(16)20-14(4-2-8-25-20)12-5-6-19-13(9-12)3-1-7-24-19;1-21-18-11-23-17-8-7-14(12-24(17)18)16-6-3-9-22-19(16)13-4-2-5-15(20)10-13;1-23-18-9-25-17-5-4-11(10-26(17)18)12-3-2-6-24-19(12)13-7-15(21)16(22)8-14(13)20;19-14-9-16(21)15(20)8-13(14)18-12(2-1-5-23-18)11-3-4-17-22-6-7-24(17)10-11;19-13-8-15(21)14(20)7-12(13)18-11(2-1-5-22-18)10-3-4-16-17(6-10)24-9-23-16;18-14-8-11(3-5-15(14)19)17-13(2-1-7-20-17)12-4-6-16-21-10-22-23(16)9-12/h1-11H;2-12H;2-10H;1-10H;1-9H;1-10H. The Labute approximate surface area is 832 Å². The van der Waals surface area contributed by atoms with E-state index in [9.17, 15) is 57.1 Å². The molecule has 0 unspecified atom stereocenters. The van der Waals surface area contributed by atoms with Gasteiger partial charge in [0, 0.05) is 204 Å². The van der Waals surface area contributed by atoms with Gasteiger partial charge in [0.15, 0.2) is 52.2 Å². The summed E-state index contributed by atoms with van der Waals surface area (Å²) in [5.74, 6) is -12.6. The smallest absolute Gasteiger partial charge is 0.254 e. The highest BCUT2D eigenvalue weighted by molar-refractivity contribution is 7.16. The number of rotatable bonds is 12. The zero-order chi connectivity index (χ0) is 101. The largest absolute Gasteiger partial charge is 0.362 e. The van der Waals surface area contributed by atoms with E-state index < -0.39 is 75.6 Å². The molecule has 24 rings (SSSR count). The van der Waals surface area contributed by atoms with Crippen LogP contribution >= 0.6 is 34.5 Å². The highest BCUT2D eigenvalue weighted by Gasteiger charge is 2.25. The number of nitrogens with zero attached hydrogens (tertiary/aromatic N) is 19. The molecule has 35 heteroatoms. The third-order valence-electron chi connectivity index (χ3n) is 22.9. The zero-order valence-corrected chi connectivity index (χ0v) is 77.0. The second-order valence-electron chi connectivity index (χ2n) is 31.8. The molecule has 0 amide bonds. The van der Waals surface area contributed by atoms with E-state index in [1.807, 2.05) is 156 Å². The van der Waals surface area contributed by atoms with Gasteiger partial charge in [0.05, 0.1) is 85.2 Å². The third kappa shape index (κ3) is 20.5. The molecule has 16 aromatic heterocycles. The van der Waals surface area contributed by atoms with Crippen molar-refractivity contribution in [3.63, 3.8) is 0 Å². The normalized spacial score (nSPS) is 11.0. The van der Waals surface area contributed by atoms with E-state index in [2.05, 4.69) is 74.6 Å². The van der Waals surface area contributed by atoms with Crippen molar-refractivity contribution >= 4 is 89.9 Å². The number of hydrogen-bond acceptors (Lipinski definition) is 14. The maximum atomic E-state index is 14.2. The van der Waals surface area contributed by atoms with Gasteiger partial charge < -0.3 is 14.1 Å². The van der Waals surface area contributed by atoms with Crippen molar-refractivity contribution in [3.8, 4) is 134 Å². The lowest BCUT2D eigenvalue weighted by Crippen LogP contribution is -1.96. The number of halogens is 15. The number of hydrogen-bond donors (Lipinski definition) is 0. The van der Waals surface area contributed by atoms with Gasteiger partial charge >= 0.3 is 0 Å². The average Bonchev–Trinajstić information content (AvgIpc) is 1.39. The Bertz CT molecular complexity index is 9060. The molecule has 0 saturated heterocycles. The molecule has 16 heterocycles. The van der Waals surface area contributed by atoms with E-state index in [0.717, 1.165) is 124 Å². The first-order valence-electron chi connectivity index (χ1n) is 43.6. The van der Waals surface area contributed by atoms with Crippen molar-refractivity contribution in [3.05, 3.63) is 474 Å². The Morgan fingerprint density at radius 2 is 0.658 bits per heavy atom. The van der Waals surface area contributed by atoms with Crippen LogP contribution < -0.4 is 0 Å². The summed E-state index contributed by atoms with van der Waals surface area (Å²) in [6, 6.07) is 68.9. The fourth-order valence-electron chi connectivity index (χ4n) is 16.0. The summed E-state index contributed by atoms with van der Waals surface area (Å²) in [4.78, 5) is 57.7. The molecular weight excluding hydrogens is 1950 g/mol. The van der Waals surface area contributed by atoms with E-state index in [-0.39, 0.29) is 50.1 Å². The summed E-state index contributed by atoms with van der Waals surface area (Å²) in [6.45, 7) is 14.4. The molecule has 0 bridgehead atoms. The van der Waals surface area contributed by atoms with Crippen LogP contribution in [0.3, 0.4) is 0 Å². The second kappa shape index (κ2) is 42.4. The Morgan fingerprint density at radius 1 is 0.267 bits per heavy atom. The fourth-order valence-corrected chi connectivity index (χ4v) is 17.1. The van der Waals surface area contributed by atoms with Crippen LogP contribution in [0, 0.1) is 88.8 Å². The van der Waals surface area contributed by atoms with Gasteiger partial charge in [-0.05, 0) is 169 Å². The van der Waals surface area contributed by atoms with Crippen LogP contribution in [0.1, 0.15) is 0 Å². The minimum Gasteiger partial charge on any atom is -0.362 e. The molecule has 0 aliphatic heterocycles.